The second kappa shape index (κ2) is 7.23. The van der Waals surface area contributed by atoms with Gasteiger partial charge in [-0.05, 0) is 18.8 Å². The van der Waals surface area contributed by atoms with Crippen molar-refractivity contribution < 1.29 is 14.4 Å². The molecule has 1 saturated heterocycles. The summed E-state index contributed by atoms with van der Waals surface area (Å²) in [4.78, 5) is 36.4. The van der Waals surface area contributed by atoms with Crippen LogP contribution in [0, 0.1) is 5.92 Å². The zero-order valence-electron chi connectivity index (χ0n) is 11.6. The largest absolute Gasteiger partial charge is 0.343 e. The van der Waals surface area contributed by atoms with Crippen molar-refractivity contribution in [3.8, 4) is 0 Å². The van der Waals surface area contributed by atoms with Crippen LogP contribution < -0.4 is 11.1 Å². The Bertz CT molecular complexity index is 346. The van der Waals surface area contributed by atoms with Crippen molar-refractivity contribution in [2.45, 2.75) is 45.2 Å². The fourth-order valence-electron chi connectivity index (χ4n) is 2.30. The molecule has 1 fully saturated rings. The third-order valence-electron chi connectivity index (χ3n) is 3.72. The third kappa shape index (κ3) is 3.76. The van der Waals surface area contributed by atoms with E-state index in [0.717, 1.165) is 19.1 Å². The summed E-state index contributed by atoms with van der Waals surface area (Å²) in [7, 11) is 0. The van der Waals surface area contributed by atoms with Gasteiger partial charge in [0.2, 0.25) is 11.8 Å². The van der Waals surface area contributed by atoms with E-state index in [0.29, 0.717) is 13.0 Å². The fourth-order valence-corrected chi connectivity index (χ4v) is 2.30. The molecule has 0 aromatic carbocycles. The Morgan fingerprint density at radius 2 is 2.21 bits per heavy atom. The van der Waals surface area contributed by atoms with E-state index in [-0.39, 0.29) is 30.3 Å². The van der Waals surface area contributed by atoms with Crippen LogP contribution in [0.2, 0.25) is 0 Å². The molecule has 2 amide bonds. The summed E-state index contributed by atoms with van der Waals surface area (Å²) in [6.45, 7) is 4.30. The molecular weight excluding hydrogens is 246 g/mol. The van der Waals surface area contributed by atoms with Gasteiger partial charge in [0.05, 0.1) is 12.6 Å². The Kier molecular flexibility index (Phi) is 5.95. The summed E-state index contributed by atoms with van der Waals surface area (Å²) in [5, 5.41) is 2.67. The first-order valence-electron chi connectivity index (χ1n) is 6.80. The quantitative estimate of drug-likeness (QED) is 0.646. The molecule has 19 heavy (non-hydrogen) atoms. The summed E-state index contributed by atoms with van der Waals surface area (Å²) < 4.78 is 0. The van der Waals surface area contributed by atoms with Crippen LogP contribution >= 0.6 is 0 Å². The van der Waals surface area contributed by atoms with Crippen molar-refractivity contribution >= 4 is 18.1 Å². The molecule has 108 valence electrons. The van der Waals surface area contributed by atoms with Gasteiger partial charge in [-0.1, -0.05) is 20.3 Å². The summed E-state index contributed by atoms with van der Waals surface area (Å²) >= 11 is 0. The molecule has 3 unspecified atom stereocenters. The number of nitrogens with one attached hydrogen (secondary N) is 1. The summed E-state index contributed by atoms with van der Waals surface area (Å²) in [5.41, 5.74) is 5.28. The zero-order valence-corrected chi connectivity index (χ0v) is 11.6. The van der Waals surface area contributed by atoms with Crippen LogP contribution in [0.15, 0.2) is 0 Å². The maximum atomic E-state index is 12.5. The van der Waals surface area contributed by atoms with Gasteiger partial charge in [-0.15, -0.1) is 0 Å². The SMILES string of the molecule is CCC(C)C(NC(=O)CN)C(=O)N1CCCC1C=O. The number of likely N-dealkylation sites (tertiary alicyclic amines) is 1. The number of carbonyl (C=O) groups is 3. The molecule has 3 atom stereocenters. The first-order valence-corrected chi connectivity index (χ1v) is 6.80. The molecular formula is C13H23N3O3. The number of aldehydes is 1. The van der Waals surface area contributed by atoms with E-state index < -0.39 is 6.04 Å². The van der Waals surface area contributed by atoms with Gasteiger partial charge in [-0.25, -0.2) is 0 Å². The molecule has 0 saturated carbocycles. The van der Waals surface area contributed by atoms with Gasteiger partial charge < -0.3 is 20.7 Å². The smallest absolute Gasteiger partial charge is 0.246 e. The number of hydrogen-bond donors (Lipinski definition) is 2. The molecule has 6 nitrogen and oxygen atoms in total. The lowest BCUT2D eigenvalue weighted by atomic mass is 9.97. The summed E-state index contributed by atoms with van der Waals surface area (Å²) in [5.74, 6) is -0.512. The molecule has 0 radical (unpaired) electrons. The first kappa shape index (κ1) is 15.6. The molecule has 0 spiro atoms. The highest BCUT2D eigenvalue weighted by Crippen LogP contribution is 2.19. The maximum Gasteiger partial charge on any atom is 0.246 e. The Balaban J connectivity index is 2.81. The predicted octanol–water partition coefficient (Wildman–Crippen LogP) is -0.334. The summed E-state index contributed by atoms with van der Waals surface area (Å²) in [6.07, 6.45) is 3.10. The average Bonchev–Trinajstić information content (AvgIpc) is 2.91. The molecule has 3 N–H and O–H groups in total. The van der Waals surface area contributed by atoms with Gasteiger partial charge in [0.15, 0.2) is 0 Å². The van der Waals surface area contributed by atoms with Gasteiger partial charge >= 0.3 is 0 Å². The lowest BCUT2D eigenvalue weighted by Crippen LogP contribution is -2.54. The highest BCUT2D eigenvalue weighted by atomic mass is 16.2. The van der Waals surface area contributed by atoms with Crippen LogP contribution in [0.1, 0.15) is 33.1 Å². The van der Waals surface area contributed by atoms with E-state index in [9.17, 15) is 14.4 Å². The minimum Gasteiger partial charge on any atom is -0.343 e. The van der Waals surface area contributed by atoms with Crippen molar-refractivity contribution in [1.29, 1.82) is 0 Å². The van der Waals surface area contributed by atoms with E-state index in [1.54, 1.807) is 4.90 Å². The minimum atomic E-state index is -0.596. The number of amides is 2. The third-order valence-corrected chi connectivity index (χ3v) is 3.72. The number of carbonyl (C=O) groups excluding carboxylic acids is 3. The Hall–Kier alpha value is -1.43. The molecule has 6 heteroatoms. The molecule has 1 aliphatic heterocycles. The monoisotopic (exact) mass is 269 g/mol. The van der Waals surface area contributed by atoms with Crippen LogP contribution in [0.25, 0.3) is 0 Å². The van der Waals surface area contributed by atoms with E-state index in [2.05, 4.69) is 5.32 Å². The highest BCUT2D eigenvalue weighted by molar-refractivity contribution is 5.90. The Morgan fingerprint density at radius 3 is 2.74 bits per heavy atom. The number of rotatable bonds is 6. The molecule has 1 aliphatic rings. The van der Waals surface area contributed by atoms with Crippen molar-refractivity contribution in [2.24, 2.45) is 11.7 Å². The van der Waals surface area contributed by atoms with Crippen LogP contribution in [0.5, 0.6) is 0 Å². The van der Waals surface area contributed by atoms with Gasteiger partial charge in [0.25, 0.3) is 0 Å². The molecule has 0 aliphatic carbocycles. The van der Waals surface area contributed by atoms with Crippen molar-refractivity contribution in [2.75, 3.05) is 13.1 Å². The fraction of sp³-hybridized carbons (Fsp3) is 0.769. The van der Waals surface area contributed by atoms with Gasteiger partial charge in [-0.2, -0.15) is 0 Å². The maximum absolute atomic E-state index is 12.5. The second-order valence-electron chi connectivity index (χ2n) is 5.01. The van der Waals surface area contributed by atoms with Crippen LogP contribution in [0.3, 0.4) is 0 Å². The van der Waals surface area contributed by atoms with Crippen molar-refractivity contribution in [3.05, 3.63) is 0 Å². The second-order valence-corrected chi connectivity index (χ2v) is 5.01. The minimum absolute atomic E-state index is 0.0101. The average molecular weight is 269 g/mol. The first-order chi connectivity index (χ1) is 9.04. The predicted molar refractivity (Wildman–Crippen MR) is 71.2 cm³/mol. The lowest BCUT2D eigenvalue weighted by Gasteiger charge is -2.29. The van der Waals surface area contributed by atoms with Crippen LogP contribution in [0.4, 0.5) is 0 Å². The lowest BCUT2D eigenvalue weighted by molar-refractivity contribution is -0.139. The molecule has 0 bridgehead atoms. The highest BCUT2D eigenvalue weighted by Gasteiger charge is 2.35. The number of nitrogens with two attached hydrogens (primary N) is 1. The van der Waals surface area contributed by atoms with E-state index in [1.807, 2.05) is 13.8 Å². The van der Waals surface area contributed by atoms with Crippen molar-refractivity contribution in [3.63, 3.8) is 0 Å². The molecule has 1 rings (SSSR count). The standard InChI is InChI=1S/C13H23N3O3/c1-3-9(2)12(15-11(18)7-14)13(19)16-6-4-5-10(16)8-17/h8-10,12H,3-7,14H2,1-2H3,(H,15,18). The normalized spacial score (nSPS) is 21.8. The van der Waals surface area contributed by atoms with Gasteiger partial charge in [-0.3, -0.25) is 9.59 Å². The Morgan fingerprint density at radius 1 is 1.53 bits per heavy atom. The van der Waals surface area contributed by atoms with Crippen LogP contribution in [-0.2, 0) is 14.4 Å². The topological polar surface area (TPSA) is 92.5 Å². The van der Waals surface area contributed by atoms with Crippen LogP contribution in [-0.4, -0.2) is 48.2 Å². The van der Waals surface area contributed by atoms with E-state index in [4.69, 9.17) is 5.73 Å². The molecule has 1 heterocycles. The molecule has 0 aromatic rings. The van der Waals surface area contributed by atoms with Gasteiger partial charge in [0, 0.05) is 6.54 Å². The van der Waals surface area contributed by atoms with E-state index in [1.165, 1.54) is 0 Å². The Labute approximate surface area is 113 Å². The summed E-state index contributed by atoms with van der Waals surface area (Å²) in [6, 6.07) is -0.949. The van der Waals surface area contributed by atoms with Crippen molar-refractivity contribution in [1.82, 2.24) is 10.2 Å². The number of hydrogen-bond acceptors (Lipinski definition) is 4. The molecule has 0 aromatic heterocycles. The van der Waals surface area contributed by atoms with Gasteiger partial charge in [0.1, 0.15) is 12.3 Å². The zero-order chi connectivity index (χ0) is 14.4. The number of nitrogens with zero attached hydrogens (tertiary/aromatic N) is 1. The van der Waals surface area contributed by atoms with E-state index >= 15 is 0 Å².